The molecule has 0 rings (SSSR count). The van der Waals surface area contributed by atoms with Crippen molar-refractivity contribution in [2.75, 3.05) is 85.2 Å². The van der Waals surface area contributed by atoms with Crippen LogP contribution in [-0.4, -0.2) is 296 Å². The van der Waals surface area contributed by atoms with E-state index in [1.165, 1.54) is 26.7 Å². The van der Waals surface area contributed by atoms with Gasteiger partial charge in [0.15, 0.2) is 5.13 Å². The zero-order chi connectivity index (χ0) is 105. The summed E-state index contributed by atoms with van der Waals surface area (Å²) in [5.41, 5.74) is -0.688. The van der Waals surface area contributed by atoms with Crippen LogP contribution < -0.4 is 63.8 Å². The predicted octanol–water partition coefficient (Wildman–Crippen LogP) is 20.5. The van der Waals surface area contributed by atoms with Gasteiger partial charge < -0.3 is 63.8 Å². The van der Waals surface area contributed by atoms with Crippen molar-refractivity contribution in [3.8, 4) is 6.07 Å². The lowest BCUT2D eigenvalue weighted by atomic mass is 9.89. The summed E-state index contributed by atoms with van der Waals surface area (Å²) in [7, 11) is 64.4. The molecule has 0 aromatic carbocycles. The molecule has 0 aliphatic rings. The van der Waals surface area contributed by atoms with Gasteiger partial charge in [-0.2, -0.15) is 18.4 Å². The van der Waals surface area contributed by atoms with Crippen molar-refractivity contribution >= 4 is 152 Å². The van der Waals surface area contributed by atoms with E-state index in [9.17, 15) is 39.5 Å². The van der Waals surface area contributed by atoms with Gasteiger partial charge >= 0.3 is 6.18 Å². The molecule has 0 aliphatic carbocycles. The van der Waals surface area contributed by atoms with Crippen molar-refractivity contribution < 1.29 is 39.5 Å². The summed E-state index contributed by atoms with van der Waals surface area (Å²) in [6.07, 6.45) is 10.5. The van der Waals surface area contributed by atoms with E-state index in [2.05, 4.69) is 146 Å². The van der Waals surface area contributed by atoms with Crippen LogP contribution in [0, 0.1) is 40.4 Å². The first kappa shape index (κ1) is 157. The maximum absolute atomic E-state index is 13.2. The lowest BCUT2D eigenvalue weighted by Crippen LogP contribution is -2.38. The molecule has 131 heavy (non-hydrogen) atoms. The highest BCUT2D eigenvalue weighted by molar-refractivity contribution is 6.48. The van der Waals surface area contributed by atoms with Crippen molar-refractivity contribution in [1.29, 1.82) is 5.26 Å². The molecule has 0 aliphatic heterocycles. The monoisotopic (exact) mass is 1960 g/mol. The van der Waals surface area contributed by atoms with E-state index in [-0.39, 0.29) is 97.5 Å². The molecule has 21 atom stereocenters. The second kappa shape index (κ2) is 102. The molecular formula is C92H191B12Cl5F9N13. The van der Waals surface area contributed by atoms with E-state index in [4.69, 9.17) is 157 Å². The van der Waals surface area contributed by atoms with Gasteiger partial charge in [-0.1, -0.05) is 281 Å². The van der Waals surface area contributed by atoms with Gasteiger partial charge in [0.2, 0.25) is 0 Å². The average Bonchev–Trinajstić information content (AvgIpc) is 0.894. The first-order valence-electron chi connectivity index (χ1n) is 48.6. The first-order valence-corrected chi connectivity index (χ1v) is 50.6. The number of nitriles is 1. The van der Waals surface area contributed by atoms with Crippen LogP contribution in [-0.2, 0) is 0 Å². The summed E-state index contributed by atoms with van der Waals surface area (Å²) in [5, 5.41) is 44.2. The second-order valence-electron chi connectivity index (χ2n) is 35.9. The Morgan fingerprint density at radius 2 is 0.649 bits per heavy atom. The zero-order valence-electron chi connectivity index (χ0n) is 88.2. The summed E-state index contributed by atoms with van der Waals surface area (Å²) < 4.78 is 112. The summed E-state index contributed by atoms with van der Waals surface area (Å²) in [4.78, 5) is -0.122. The molecule has 758 valence electrons. The maximum Gasteiger partial charge on any atom is 0.393 e. The number of hydrogen-bond donors (Lipinski definition) is 12. The Labute approximate surface area is 845 Å². The summed E-state index contributed by atoms with van der Waals surface area (Å²) >= 11 is 29.2. The van der Waals surface area contributed by atoms with Gasteiger partial charge in [0.25, 0.3) is 5.92 Å². The van der Waals surface area contributed by atoms with Gasteiger partial charge in [-0.3, -0.25) is 4.39 Å². The van der Waals surface area contributed by atoms with Crippen molar-refractivity contribution in [2.45, 2.75) is 470 Å². The van der Waals surface area contributed by atoms with Gasteiger partial charge in [0.1, 0.15) is 16.2 Å². The van der Waals surface area contributed by atoms with Gasteiger partial charge in [-0.05, 0) is 174 Å². The van der Waals surface area contributed by atoms with Gasteiger partial charge in [-0.15, -0.1) is 46.4 Å². The van der Waals surface area contributed by atoms with E-state index < -0.39 is 39.3 Å². The van der Waals surface area contributed by atoms with Gasteiger partial charge in [-0.25, -0.2) is 22.0 Å². The Morgan fingerprint density at radius 1 is 0.321 bits per heavy atom. The molecule has 21 unspecified atom stereocenters. The zero-order valence-corrected chi connectivity index (χ0v) is 92.0. The minimum atomic E-state index is -4.10. The van der Waals surface area contributed by atoms with Crippen molar-refractivity contribution in [3.63, 3.8) is 0 Å². The molecule has 0 spiro atoms. The third kappa shape index (κ3) is 127. The second-order valence-corrected chi connectivity index (χ2v) is 39.7. The molecule has 0 saturated heterocycles. The third-order valence-electron chi connectivity index (χ3n) is 21.3. The number of halogens is 14. The highest BCUT2D eigenvalue weighted by atomic mass is 35.5. The molecule has 0 saturated carbocycles. The number of hydrogen-bond acceptors (Lipinski definition) is 13. The molecule has 39 heteroatoms. The lowest BCUT2D eigenvalue weighted by molar-refractivity contribution is -0.174. The van der Waals surface area contributed by atoms with Crippen LogP contribution in [0.2, 0.25) is 75.8 Å². The van der Waals surface area contributed by atoms with E-state index >= 15 is 0 Å². The Kier molecular flexibility index (Phi) is 122. The smallest absolute Gasteiger partial charge is 0.315 e. The number of nitrogens with one attached hydrogen (secondary N) is 12. The van der Waals surface area contributed by atoms with Gasteiger partial charge in [0.05, 0.1) is 130 Å². The number of rotatable bonds is 61. The molecule has 0 aromatic heterocycles. The number of alkyl halides is 14. The molecule has 0 fully saturated rings. The number of nitrogens with zero attached hydrogens (tertiary/aromatic N) is 1. The molecular weight excluding hydrogens is 1770 g/mol. The molecule has 13 nitrogen and oxygen atoms in total. The molecule has 0 amide bonds. The fourth-order valence-corrected chi connectivity index (χ4v) is 7.97. The Bertz CT molecular complexity index is 2050. The molecule has 0 bridgehead atoms. The van der Waals surface area contributed by atoms with Crippen LogP contribution in [0.5, 0.6) is 0 Å². The fourth-order valence-electron chi connectivity index (χ4n) is 7.57. The third-order valence-corrected chi connectivity index (χ3v) is 23.4. The summed E-state index contributed by atoms with van der Waals surface area (Å²) in [6.45, 7) is 63.4. The normalized spacial score (nSPS) is 16.8. The highest BCUT2D eigenvalue weighted by Gasteiger charge is 2.38. The Balaban J connectivity index is -0.000000118. The van der Waals surface area contributed by atoms with Crippen molar-refractivity contribution in [3.05, 3.63) is 0 Å². The van der Waals surface area contributed by atoms with Crippen molar-refractivity contribution in [1.82, 2.24) is 63.8 Å². The highest BCUT2D eigenvalue weighted by Crippen LogP contribution is 2.29. The SMILES string of the molecule is [B]CC(C)NCC(C#N)CC.[B]CC(C)NCC(C)(C)CC.[B]CC(C)NCC(C)(Cl)CC.[B]CC(C)NCC(C)(F)CC.[B]CC(C)NCC(C)CC.[B]CC(C)NCC(CC)C(F)(F)F.[B]CC(C)NCC(CC)CF.[B]CC(C)NCC(Cl)(Cl)CC.[B]CC(C)NCC(Cl)CC.[B]CC(C)NCC(F)(Cl)CC.[B]CC(C)NCC(F)(F)CC.[B]CC(C)NCC(F)CC. The first-order chi connectivity index (χ1) is 60.6. The van der Waals surface area contributed by atoms with Crippen LogP contribution in [0.15, 0.2) is 0 Å². The molecule has 24 radical (unpaired) electrons. The summed E-state index contributed by atoms with van der Waals surface area (Å²) in [5.74, 6) is -2.80. The maximum atomic E-state index is 13.2. The van der Waals surface area contributed by atoms with E-state index in [1.807, 2.05) is 83.1 Å². The predicted molar refractivity (Wildman–Crippen MR) is 578 cm³/mol. The fraction of sp³-hybridized carbons (Fsp3) is 0.989. The van der Waals surface area contributed by atoms with Crippen LogP contribution in [0.4, 0.5) is 39.5 Å². The molecule has 12 N–H and O–H groups in total. The van der Waals surface area contributed by atoms with Crippen molar-refractivity contribution in [2.24, 2.45) is 29.1 Å². The molecule has 0 aromatic rings. The topological polar surface area (TPSA) is 168 Å². The quantitative estimate of drug-likeness (QED) is 0.0158. The lowest BCUT2D eigenvalue weighted by Gasteiger charge is -2.25. The van der Waals surface area contributed by atoms with Crippen LogP contribution in [0.1, 0.15) is 278 Å². The Hall–Kier alpha value is 0.609. The van der Waals surface area contributed by atoms with E-state index in [0.717, 1.165) is 89.9 Å². The minimum Gasteiger partial charge on any atom is -0.315 e. The standard InChI is InChI=1S/C9H20BN.C8H17BClN.C8H15BF3N.2C8H17BFN.C8H15BN2.C8H18BN.C7H14BCl2N.C7H14BClFN.C7H15BClN.C7H14BF2N.C7H15BFN/c1-5-9(3,4)7-11-8(2)6-10;1-4-8(3,10)6-11-7(2)5-9;1-3-7(8(10,11)12)5-13-6(2)4-9;1-4-8(3,10)6-11-7(2)5-9;2*1-3-8(5-10)6-11-7(2)4-9;1-4-7(2)6-10-8(3)5-9;2*1-3-7(9,10)5-11-6(2)4-8;1-3-7(9)5-10-6(2)4-8;1-3-7(9,10)5-11-6(2)4-8;1-3-7(9)5-10-6(2)4-8/h8,11H,5-7H2,1-4H3;7,11H,4-6H2,1-3H3;6-7,13H,3-5H2,1-2H3;7,11H,4-6H2,1-3H3;7-8,11H,3-6H2,1-2H3;7-8,11H,3-4,6H2,1-2H3;7-8,10H,4-6H2,1-3H3;2*6,11H,3-5H2,1-2H3;6-7,10H,3-5H2,1-2H3;6,11H,3-5H2,1-2H3;6-7,10H,3-5H2,1-2H3. The average molecular weight is 1960 g/mol. The largest absolute Gasteiger partial charge is 0.393 e. The van der Waals surface area contributed by atoms with Crippen LogP contribution >= 0.6 is 58.0 Å². The van der Waals surface area contributed by atoms with E-state index in [1.54, 1.807) is 27.7 Å². The Morgan fingerprint density at radius 3 is 0.939 bits per heavy atom. The van der Waals surface area contributed by atoms with E-state index in [0.29, 0.717) is 144 Å². The minimum absolute atomic E-state index is 0.0348. The van der Waals surface area contributed by atoms with Crippen LogP contribution in [0.3, 0.4) is 0 Å². The molecule has 0 heterocycles. The van der Waals surface area contributed by atoms with Gasteiger partial charge in [0, 0.05) is 77.2 Å². The van der Waals surface area contributed by atoms with Crippen LogP contribution in [0.25, 0.3) is 0 Å². The summed E-state index contributed by atoms with van der Waals surface area (Å²) in [6, 6.07) is 5.24.